The van der Waals surface area contributed by atoms with Gasteiger partial charge in [-0.2, -0.15) is 0 Å². The highest BCUT2D eigenvalue weighted by Crippen LogP contribution is 2.27. The molecular formula is C15H14N2. The predicted molar refractivity (Wildman–Crippen MR) is 72.8 cm³/mol. The van der Waals surface area contributed by atoms with Crippen LogP contribution in [-0.2, 0) is 7.05 Å². The molecule has 0 aliphatic heterocycles. The molecule has 0 fully saturated rings. The van der Waals surface area contributed by atoms with Gasteiger partial charge in [-0.3, -0.25) is 0 Å². The first-order valence-electron chi connectivity index (χ1n) is 5.66. The van der Waals surface area contributed by atoms with E-state index >= 15 is 0 Å². The molecule has 17 heavy (non-hydrogen) atoms. The Labute approximate surface area is 100 Å². The van der Waals surface area contributed by atoms with Gasteiger partial charge in [0.25, 0.3) is 0 Å². The molecule has 2 nitrogen and oxygen atoms in total. The molecule has 2 aromatic carbocycles. The minimum Gasteiger partial charge on any atom is -0.399 e. The molecule has 3 aromatic rings. The first-order valence-corrected chi connectivity index (χ1v) is 5.66. The number of hydrogen-bond donors (Lipinski definition) is 1. The van der Waals surface area contributed by atoms with E-state index in [2.05, 4.69) is 54.1 Å². The molecule has 0 bridgehead atoms. The highest BCUT2D eigenvalue weighted by Gasteiger charge is 2.06. The highest BCUT2D eigenvalue weighted by atomic mass is 14.9. The van der Waals surface area contributed by atoms with E-state index in [-0.39, 0.29) is 0 Å². The lowest BCUT2D eigenvalue weighted by Crippen LogP contribution is -1.91. The third-order valence-electron chi connectivity index (χ3n) is 3.16. The fourth-order valence-electron chi connectivity index (χ4n) is 2.22. The molecule has 0 saturated carbocycles. The number of aryl methyl sites for hydroxylation is 1. The molecule has 0 spiro atoms. The smallest absolute Gasteiger partial charge is 0.0488 e. The number of nitrogens with zero attached hydrogens (tertiary/aromatic N) is 1. The van der Waals surface area contributed by atoms with Crippen molar-refractivity contribution >= 4 is 16.6 Å². The fraction of sp³-hybridized carbons (Fsp3) is 0.0667. The summed E-state index contributed by atoms with van der Waals surface area (Å²) >= 11 is 0. The maximum absolute atomic E-state index is 5.71. The van der Waals surface area contributed by atoms with Crippen molar-refractivity contribution in [3.63, 3.8) is 0 Å². The van der Waals surface area contributed by atoms with E-state index in [0.717, 1.165) is 5.69 Å². The van der Waals surface area contributed by atoms with Crippen LogP contribution in [0, 0.1) is 0 Å². The molecule has 0 amide bonds. The molecule has 0 saturated heterocycles. The van der Waals surface area contributed by atoms with E-state index in [9.17, 15) is 0 Å². The van der Waals surface area contributed by atoms with E-state index in [4.69, 9.17) is 5.73 Å². The van der Waals surface area contributed by atoms with Crippen LogP contribution in [0.1, 0.15) is 0 Å². The van der Waals surface area contributed by atoms with Crippen molar-refractivity contribution in [2.75, 3.05) is 5.73 Å². The lowest BCUT2D eigenvalue weighted by molar-refractivity contribution is 0.978. The lowest BCUT2D eigenvalue weighted by Gasteiger charge is -2.04. The van der Waals surface area contributed by atoms with E-state index in [1.54, 1.807) is 0 Å². The lowest BCUT2D eigenvalue weighted by atomic mass is 10.1. The first-order chi connectivity index (χ1) is 8.25. The molecule has 84 valence electrons. The van der Waals surface area contributed by atoms with Gasteiger partial charge < -0.3 is 10.3 Å². The Kier molecular flexibility index (Phi) is 2.15. The van der Waals surface area contributed by atoms with Crippen molar-refractivity contribution < 1.29 is 0 Å². The Balaban J connectivity index is 2.24. The zero-order valence-corrected chi connectivity index (χ0v) is 9.72. The molecular weight excluding hydrogens is 208 g/mol. The third kappa shape index (κ3) is 1.58. The van der Waals surface area contributed by atoms with Gasteiger partial charge in [-0.25, -0.2) is 0 Å². The SMILES string of the molecule is Cn1c(-c2ccc(N)cc2)cc2ccccc21. The number of rotatable bonds is 1. The van der Waals surface area contributed by atoms with Crippen LogP contribution < -0.4 is 5.73 Å². The van der Waals surface area contributed by atoms with E-state index in [1.165, 1.54) is 22.2 Å². The van der Waals surface area contributed by atoms with Gasteiger partial charge in [0.05, 0.1) is 0 Å². The van der Waals surface area contributed by atoms with Gasteiger partial charge in [0.2, 0.25) is 0 Å². The van der Waals surface area contributed by atoms with Crippen LogP contribution >= 0.6 is 0 Å². The topological polar surface area (TPSA) is 30.9 Å². The van der Waals surface area contributed by atoms with E-state index < -0.39 is 0 Å². The summed E-state index contributed by atoms with van der Waals surface area (Å²) in [5, 5.41) is 1.27. The quantitative estimate of drug-likeness (QED) is 0.628. The van der Waals surface area contributed by atoms with Crippen LogP contribution in [0.5, 0.6) is 0 Å². The second kappa shape index (κ2) is 3.67. The fourth-order valence-corrected chi connectivity index (χ4v) is 2.22. The Morgan fingerprint density at radius 3 is 2.35 bits per heavy atom. The van der Waals surface area contributed by atoms with Gasteiger partial charge in [-0.1, -0.05) is 30.3 Å². The van der Waals surface area contributed by atoms with Crippen LogP contribution in [-0.4, -0.2) is 4.57 Å². The number of hydrogen-bond acceptors (Lipinski definition) is 1. The number of aromatic nitrogens is 1. The van der Waals surface area contributed by atoms with Crippen LogP contribution in [0.3, 0.4) is 0 Å². The second-order valence-electron chi connectivity index (χ2n) is 4.27. The number of benzene rings is 2. The summed E-state index contributed by atoms with van der Waals surface area (Å²) in [4.78, 5) is 0. The maximum atomic E-state index is 5.71. The normalized spacial score (nSPS) is 10.9. The minimum absolute atomic E-state index is 0.799. The number of anilines is 1. The number of para-hydroxylation sites is 1. The molecule has 0 aliphatic carbocycles. The summed E-state index contributed by atoms with van der Waals surface area (Å²) in [6, 6.07) is 18.6. The largest absolute Gasteiger partial charge is 0.399 e. The molecule has 3 rings (SSSR count). The second-order valence-corrected chi connectivity index (χ2v) is 4.27. The Morgan fingerprint density at radius 2 is 1.65 bits per heavy atom. The molecule has 0 unspecified atom stereocenters. The average molecular weight is 222 g/mol. The number of nitrogens with two attached hydrogens (primary N) is 1. The molecule has 2 N–H and O–H groups in total. The van der Waals surface area contributed by atoms with Crippen LogP contribution in [0.15, 0.2) is 54.6 Å². The van der Waals surface area contributed by atoms with Crippen LogP contribution in [0.2, 0.25) is 0 Å². The summed E-state index contributed by atoms with van der Waals surface area (Å²) < 4.78 is 2.21. The van der Waals surface area contributed by atoms with Crippen molar-refractivity contribution in [1.29, 1.82) is 0 Å². The number of fused-ring (bicyclic) bond motifs is 1. The molecule has 2 heteroatoms. The third-order valence-corrected chi connectivity index (χ3v) is 3.16. The van der Waals surface area contributed by atoms with E-state index in [1.807, 2.05) is 12.1 Å². The van der Waals surface area contributed by atoms with Crippen molar-refractivity contribution in [3.8, 4) is 11.3 Å². The predicted octanol–water partition coefficient (Wildman–Crippen LogP) is 3.43. The zero-order valence-electron chi connectivity index (χ0n) is 9.72. The molecule has 0 atom stereocenters. The van der Waals surface area contributed by atoms with E-state index in [0.29, 0.717) is 0 Å². The molecule has 1 heterocycles. The number of nitrogen functional groups attached to an aromatic ring is 1. The average Bonchev–Trinajstić information content (AvgIpc) is 2.69. The van der Waals surface area contributed by atoms with Crippen molar-refractivity contribution in [3.05, 3.63) is 54.6 Å². The highest BCUT2D eigenvalue weighted by molar-refractivity contribution is 5.87. The summed E-state index contributed by atoms with van der Waals surface area (Å²) in [6.45, 7) is 0. The Morgan fingerprint density at radius 1 is 0.941 bits per heavy atom. The van der Waals surface area contributed by atoms with Crippen molar-refractivity contribution in [1.82, 2.24) is 4.57 Å². The molecule has 1 aromatic heterocycles. The summed E-state index contributed by atoms with van der Waals surface area (Å²) in [5.74, 6) is 0. The Bertz CT molecular complexity index is 663. The zero-order chi connectivity index (χ0) is 11.8. The van der Waals surface area contributed by atoms with Crippen LogP contribution in [0.4, 0.5) is 5.69 Å². The summed E-state index contributed by atoms with van der Waals surface area (Å²) in [6.07, 6.45) is 0. The maximum Gasteiger partial charge on any atom is 0.0488 e. The van der Waals surface area contributed by atoms with Gasteiger partial charge >= 0.3 is 0 Å². The van der Waals surface area contributed by atoms with Gasteiger partial charge in [0.1, 0.15) is 0 Å². The first kappa shape index (κ1) is 9.97. The van der Waals surface area contributed by atoms with Gasteiger partial charge in [0, 0.05) is 29.3 Å². The van der Waals surface area contributed by atoms with Crippen molar-refractivity contribution in [2.45, 2.75) is 0 Å². The molecule has 0 aliphatic rings. The summed E-state index contributed by atoms with van der Waals surface area (Å²) in [7, 11) is 2.09. The summed E-state index contributed by atoms with van der Waals surface area (Å²) in [5.41, 5.74) is 10.2. The standard InChI is InChI=1S/C15H14N2/c1-17-14-5-3-2-4-12(14)10-15(17)11-6-8-13(16)9-7-11/h2-10H,16H2,1H3. The minimum atomic E-state index is 0.799. The van der Waals surface area contributed by atoms with Crippen molar-refractivity contribution in [2.24, 2.45) is 7.05 Å². The van der Waals surface area contributed by atoms with Gasteiger partial charge in [0.15, 0.2) is 0 Å². The molecule has 0 radical (unpaired) electrons. The van der Waals surface area contributed by atoms with Crippen LogP contribution in [0.25, 0.3) is 22.2 Å². The monoisotopic (exact) mass is 222 g/mol. The Hall–Kier alpha value is -2.22. The van der Waals surface area contributed by atoms with Gasteiger partial charge in [-0.05, 0) is 29.8 Å². The van der Waals surface area contributed by atoms with Gasteiger partial charge in [-0.15, -0.1) is 0 Å².